The molecule has 0 atom stereocenters. The molecular formula is C23H28ClN3O3S. The van der Waals surface area contributed by atoms with Crippen LogP contribution in [0.15, 0.2) is 30.5 Å². The molecule has 6 nitrogen and oxygen atoms in total. The quantitative estimate of drug-likeness (QED) is 0.741. The third-order valence-electron chi connectivity index (χ3n) is 6.84. The molecule has 1 aromatic heterocycles. The molecule has 8 heteroatoms. The molecule has 2 fully saturated rings. The highest BCUT2D eigenvalue weighted by Crippen LogP contribution is 2.52. The van der Waals surface area contributed by atoms with Crippen LogP contribution in [0.5, 0.6) is 0 Å². The van der Waals surface area contributed by atoms with E-state index in [9.17, 15) is 13.2 Å². The average molecular weight is 462 g/mol. The van der Waals surface area contributed by atoms with E-state index in [0.29, 0.717) is 17.4 Å². The van der Waals surface area contributed by atoms with Crippen molar-refractivity contribution in [3.8, 4) is 0 Å². The molecule has 2 heterocycles. The summed E-state index contributed by atoms with van der Waals surface area (Å²) in [6.07, 6.45) is 6.21. The number of sulfone groups is 1. The number of rotatable bonds is 3. The molecule has 0 radical (unpaired) electrons. The van der Waals surface area contributed by atoms with E-state index in [2.05, 4.69) is 24.4 Å². The number of pyridine rings is 1. The van der Waals surface area contributed by atoms with Gasteiger partial charge in [0.25, 0.3) is 5.91 Å². The van der Waals surface area contributed by atoms with Gasteiger partial charge in [-0.05, 0) is 67.7 Å². The predicted octanol–water partition coefficient (Wildman–Crippen LogP) is 4.18. The zero-order valence-electron chi connectivity index (χ0n) is 17.6. The number of fused-ring (bicyclic) bond motifs is 2. The first-order valence-corrected chi connectivity index (χ1v) is 12.6. The standard InChI is InChI=1S/C23H27N3O3S.ClH/c1-15-3-2-4-18(13-15)25-22-21-17-7-5-16(6-8-17)20(21)19(14-24-22)23(27)26-9-11-30(28,29)12-10-26;/h2-4,13-14,16-17H,5-12H2,1H3,(H,24,25);1H. The Kier molecular flexibility index (Phi) is 6.01. The molecule has 0 unspecified atom stereocenters. The van der Waals surface area contributed by atoms with E-state index >= 15 is 0 Å². The van der Waals surface area contributed by atoms with Crippen LogP contribution in [0, 0.1) is 6.92 Å². The molecular weight excluding hydrogens is 434 g/mol. The number of amides is 1. The van der Waals surface area contributed by atoms with Gasteiger partial charge in [0.15, 0.2) is 9.84 Å². The van der Waals surface area contributed by atoms with Gasteiger partial charge in [0.2, 0.25) is 0 Å². The summed E-state index contributed by atoms with van der Waals surface area (Å²) in [6.45, 7) is 2.61. The summed E-state index contributed by atoms with van der Waals surface area (Å²) in [6, 6.07) is 8.23. The lowest BCUT2D eigenvalue weighted by molar-refractivity contribution is 0.0767. The summed E-state index contributed by atoms with van der Waals surface area (Å²) in [4.78, 5) is 19.7. The van der Waals surface area contributed by atoms with Gasteiger partial charge >= 0.3 is 0 Å². The molecule has 4 aliphatic rings. The lowest BCUT2D eigenvalue weighted by Crippen LogP contribution is -2.44. The van der Waals surface area contributed by atoms with Crippen LogP contribution in [-0.2, 0) is 9.84 Å². The molecule has 1 saturated carbocycles. The van der Waals surface area contributed by atoms with E-state index in [-0.39, 0.29) is 42.9 Å². The highest BCUT2D eigenvalue weighted by molar-refractivity contribution is 7.91. The first kappa shape index (κ1) is 22.1. The van der Waals surface area contributed by atoms with Crippen molar-refractivity contribution in [1.29, 1.82) is 0 Å². The number of carbonyl (C=O) groups is 1. The summed E-state index contributed by atoms with van der Waals surface area (Å²) in [5.74, 6) is 1.71. The highest BCUT2D eigenvalue weighted by Gasteiger charge is 2.39. The number of anilines is 2. The summed E-state index contributed by atoms with van der Waals surface area (Å²) in [7, 11) is -3.02. The Morgan fingerprint density at radius 1 is 1.06 bits per heavy atom. The fourth-order valence-corrected chi connectivity index (χ4v) is 6.48. The van der Waals surface area contributed by atoms with Crippen molar-refractivity contribution >= 4 is 39.7 Å². The Bertz CT molecular complexity index is 1100. The zero-order valence-corrected chi connectivity index (χ0v) is 19.3. The van der Waals surface area contributed by atoms with Crippen LogP contribution in [-0.4, -0.2) is 48.8 Å². The lowest BCUT2D eigenvalue weighted by atomic mass is 9.66. The molecule has 0 spiro atoms. The Labute approximate surface area is 189 Å². The highest BCUT2D eigenvalue weighted by atomic mass is 35.5. The minimum atomic E-state index is -3.02. The smallest absolute Gasteiger partial charge is 0.255 e. The number of aromatic nitrogens is 1. The molecule has 2 bridgehead atoms. The number of benzene rings is 1. The van der Waals surface area contributed by atoms with Crippen LogP contribution in [0.3, 0.4) is 0 Å². The van der Waals surface area contributed by atoms with Gasteiger partial charge in [-0.25, -0.2) is 13.4 Å². The number of aryl methyl sites for hydroxylation is 1. The largest absolute Gasteiger partial charge is 0.340 e. The van der Waals surface area contributed by atoms with Gasteiger partial charge in [-0.3, -0.25) is 4.79 Å². The van der Waals surface area contributed by atoms with E-state index in [1.807, 2.05) is 12.1 Å². The topological polar surface area (TPSA) is 79.4 Å². The molecule has 166 valence electrons. The Morgan fingerprint density at radius 2 is 1.71 bits per heavy atom. The maximum atomic E-state index is 13.3. The first-order valence-electron chi connectivity index (χ1n) is 10.8. The third-order valence-corrected chi connectivity index (χ3v) is 8.45. The van der Waals surface area contributed by atoms with Gasteiger partial charge < -0.3 is 10.2 Å². The van der Waals surface area contributed by atoms with Gasteiger partial charge in [0.1, 0.15) is 5.82 Å². The number of nitrogens with one attached hydrogen (secondary N) is 1. The van der Waals surface area contributed by atoms with Gasteiger partial charge in [-0.1, -0.05) is 12.1 Å². The summed E-state index contributed by atoms with van der Waals surface area (Å²) in [5.41, 5.74) is 5.22. The van der Waals surface area contributed by atoms with Gasteiger partial charge in [-0.2, -0.15) is 0 Å². The fourth-order valence-electron chi connectivity index (χ4n) is 5.28. The molecule has 31 heavy (non-hydrogen) atoms. The van der Waals surface area contributed by atoms with E-state index in [4.69, 9.17) is 4.98 Å². The van der Waals surface area contributed by atoms with Crippen molar-refractivity contribution in [1.82, 2.24) is 9.88 Å². The SMILES string of the molecule is Cc1cccc(Nc2ncc(C(=O)N3CCS(=O)(=O)CC3)c3c2C2CCC3CC2)c1.Cl. The van der Waals surface area contributed by atoms with Crippen molar-refractivity contribution in [2.75, 3.05) is 29.9 Å². The van der Waals surface area contributed by atoms with E-state index in [1.54, 1.807) is 11.1 Å². The summed E-state index contributed by atoms with van der Waals surface area (Å²) < 4.78 is 23.6. The second kappa shape index (κ2) is 8.43. The predicted molar refractivity (Wildman–Crippen MR) is 124 cm³/mol. The summed E-state index contributed by atoms with van der Waals surface area (Å²) >= 11 is 0. The first-order chi connectivity index (χ1) is 14.4. The van der Waals surface area contributed by atoms with Crippen LogP contribution < -0.4 is 5.32 Å². The van der Waals surface area contributed by atoms with Gasteiger partial charge in [0, 0.05) is 30.5 Å². The molecule has 1 aromatic carbocycles. The average Bonchev–Trinajstić information content (AvgIpc) is 2.74. The second-order valence-corrected chi connectivity index (χ2v) is 11.1. The Morgan fingerprint density at radius 3 is 2.35 bits per heavy atom. The number of carbonyl (C=O) groups excluding carboxylic acids is 1. The summed E-state index contributed by atoms with van der Waals surface area (Å²) in [5, 5.41) is 3.50. The molecule has 1 N–H and O–H groups in total. The normalized spacial score (nSPS) is 23.6. The molecule has 1 saturated heterocycles. The maximum Gasteiger partial charge on any atom is 0.255 e. The van der Waals surface area contributed by atoms with E-state index in [0.717, 1.165) is 42.8 Å². The Hall–Kier alpha value is -2.12. The Balaban J connectivity index is 0.00000231. The molecule has 3 aliphatic carbocycles. The minimum absolute atomic E-state index is 0. The van der Waals surface area contributed by atoms with Gasteiger partial charge in [0.05, 0.1) is 17.1 Å². The van der Waals surface area contributed by atoms with Crippen molar-refractivity contribution in [2.24, 2.45) is 0 Å². The van der Waals surface area contributed by atoms with Crippen molar-refractivity contribution in [3.63, 3.8) is 0 Å². The molecule has 6 rings (SSSR count). The maximum absolute atomic E-state index is 13.3. The number of hydrogen-bond donors (Lipinski definition) is 1. The minimum Gasteiger partial charge on any atom is -0.340 e. The van der Waals surface area contributed by atoms with Crippen molar-refractivity contribution in [2.45, 2.75) is 44.4 Å². The molecule has 2 aromatic rings. The number of hydrogen-bond acceptors (Lipinski definition) is 5. The van der Waals surface area contributed by atoms with Crippen molar-refractivity contribution in [3.05, 3.63) is 52.7 Å². The van der Waals surface area contributed by atoms with Crippen LogP contribution in [0.1, 0.15) is 64.6 Å². The monoisotopic (exact) mass is 461 g/mol. The molecule has 1 amide bonds. The lowest BCUT2D eigenvalue weighted by Gasteiger charge is -2.40. The third kappa shape index (κ3) is 4.17. The number of halogens is 1. The van der Waals surface area contributed by atoms with Crippen LogP contribution >= 0.6 is 12.4 Å². The van der Waals surface area contributed by atoms with E-state index in [1.165, 1.54) is 11.1 Å². The van der Waals surface area contributed by atoms with Crippen LogP contribution in [0.4, 0.5) is 11.5 Å². The van der Waals surface area contributed by atoms with Crippen LogP contribution in [0.25, 0.3) is 0 Å². The molecule has 1 aliphatic heterocycles. The zero-order chi connectivity index (χ0) is 20.9. The van der Waals surface area contributed by atoms with E-state index < -0.39 is 9.84 Å². The van der Waals surface area contributed by atoms with Crippen LogP contribution in [0.2, 0.25) is 0 Å². The number of nitrogens with zero attached hydrogens (tertiary/aromatic N) is 2. The van der Waals surface area contributed by atoms with Crippen molar-refractivity contribution < 1.29 is 13.2 Å². The second-order valence-electron chi connectivity index (χ2n) is 8.83. The fraction of sp³-hybridized carbons (Fsp3) is 0.478. The van der Waals surface area contributed by atoms with Gasteiger partial charge in [-0.15, -0.1) is 12.4 Å².